The van der Waals surface area contributed by atoms with Crippen LogP contribution in [0.3, 0.4) is 0 Å². The van der Waals surface area contributed by atoms with Gasteiger partial charge in [0.2, 0.25) is 11.9 Å². The van der Waals surface area contributed by atoms with Crippen LogP contribution in [0.4, 0.5) is 24.8 Å². The number of furan rings is 1. The first-order valence-corrected chi connectivity index (χ1v) is 11.5. The minimum Gasteiger partial charge on any atom is -0.467 e. The minimum absolute atomic E-state index is 0.0665. The second kappa shape index (κ2) is 9.68. The zero-order chi connectivity index (χ0) is 23.6. The third kappa shape index (κ3) is 5.47. The van der Waals surface area contributed by atoms with Gasteiger partial charge in [-0.25, -0.2) is 0 Å². The van der Waals surface area contributed by atoms with Crippen LogP contribution in [0, 0.1) is 0 Å². The Hall–Kier alpha value is -2.66. The van der Waals surface area contributed by atoms with Crippen molar-refractivity contribution in [2.24, 2.45) is 0 Å². The Morgan fingerprint density at radius 2 is 2.03 bits per heavy atom. The molecule has 1 saturated heterocycles. The molecule has 2 aromatic heterocycles. The topological polar surface area (TPSA) is 76.2 Å². The zero-order valence-corrected chi connectivity index (χ0v) is 19.2. The lowest BCUT2D eigenvalue weighted by Crippen LogP contribution is -2.25. The Bertz CT molecular complexity index is 1110. The summed E-state index contributed by atoms with van der Waals surface area (Å²) in [7, 11) is 0. The second-order valence-electron chi connectivity index (χ2n) is 7.58. The number of nitrogens with zero attached hydrogens (tertiary/aromatic N) is 4. The molecule has 0 saturated carbocycles. The van der Waals surface area contributed by atoms with Gasteiger partial charge in [-0.1, -0.05) is 23.4 Å². The molecule has 33 heavy (non-hydrogen) atoms. The van der Waals surface area contributed by atoms with Crippen LogP contribution in [0.5, 0.6) is 0 Å². The fraction of sp³-hybridized carbons (Fsp3) is 0.381. The van der Waals surface area contributed by atoms with Gasteiger partial charge < -0.3 is 14.6 Å². The lowest BCUT2D eigenvalue weighted by molar-refractivity contribution is -0.137. The number of benzene rings is 1. The molecule has 0 aliphatic carbocycles. The van der Waals surface area contributed by atoms with Gasteiger partial charge in [-0.05, 0) is 50.1 Å². The highest BCUT2D eigenvalue weighted by Crippen LogP contribution is 2.37. The number of aromatic nitrogens is 3. The van der Waals surface area contributed by atoms with Gasteiger partial charge in [0, 0.05) is 18.1 Å². The van der Waals surface area contributed by atoms with Gasteiger partial charge in [-0.2, -0.15) is 13.2 Å². The predicted octanol–water partition coefficient (Wildman–Crippen LogP) is 5.31. The standard InChI is InChI=1S/C21H21ClF3N5O2S/c1-13(18(31)26-17-7-6-14(22)11-16(17)21(23,24)25)33-20-28-27-19(29-8-2-3-9-29)30(20)12-15-5-4-10-32-15/h4-7,10-11,13H,2-3,8-9,12H2,1H3,(H,26,31). The SMILES string of the molecule is CC(Sc1nnc(N2CCCC2)n1Cc1ccco1)C(=O)Nc1ccc(Cl)cc1C(F)(F)F. The van der Waals surface area contributed by atoms with E-state index < -0.39 is 22.9 Å². The molecule has 12 heteroatoms. The molecular weight excluding hydrogens is 479 g/mol. The number of hydrogen-bond acceptors (Lipinski definition) is 6. The maximum Gasteiger partial charge on any atom is 0.418 e. The lowest BCUT2D eigenvalue weighted by atomic mass is 10.1. The van der Waals surface area contributed by atoms with Crippen molar-refractivity contribution < 1.29 is 22.4 Å². The van der Waals surface area contributed by atoms with Crippen molar-refractivity contribution in [3.8, 4) is 0 Å². The highest BCUT2D eigenvalue weighted by molar-refractivity contribution is 8.00. The van der Waals surface area contributed by atoms with Crippen molar-refractivity contribution in [2.75, 3.05) is 23.3 Å². The first kappa shape index (κ1) is 23.5. The van der Waals surface area contributed by atoms with Crippen LogP contribution < -0.4 is 10.2 Å². The maximum absolute atomic E-state index is 13.4. The van der Waals surface area contributed by atoms with E-state index in [1.165, 1.54) is 6.07 Å². The molecule has 0 radical (unpaired) electrons. The summed E-state index contributed by atoms with van der Waals surface area (Å²) < 4.78 is 47.4. The molecular formula is C21H21ClF3N5O2S. The lowest BCUT2D eigenvalue weighted by Gasteiger charge is -2.19. The molecule has 1 N–H and O–H groups in total. The van der Waals surface area contributed by atoms with E-state index in [9.17, 15) is 18.0 Å². The summed E-state index contributed by atoms with van der Waals surface area (Å²) in [6.45, 7) is 3.68. The van der Waals surface area contributed by atoms with E-state index in [0.29, 0.717) is 23.4 Å². The van der Waals surface area contributed by atoms with Crippen LogP contribution in [0.1, 0.15) is 31.1 Å². The van der Waals surface area contributed by atoms with E-state index in [1.54, 1.807) is 19.3 Å². The van der Waals surface area contributed by atoms with E-state index in [0.717, 1.165) is 49.8 Å². The molecule has 1 fully saturated rings. The van der Waals surface area contributed by atoms with Gasteiger partial charge >= 0.3 is 6.18 Å². The fourth-order valence-electron chi connectivity index (χ4n) is 3.52. The summed E-state index contributed by atoms with van der Waals surface area (Å²) in [4.78, 5) is 14.9. The Morgan fingerprint density at radius 3 is 2.70 bits per heavy atom. The number of hydrogen-bond donors (Lipinski definition) is 1. The number of thioether (sulfide) groups is 1. The number of amides is 1. The van der Waals surface area contributed by atoms with E-state index in [-0.39, 0.29) is 10.7 Å². The van der Waals surface area contributed by atoms with Crippen molar-refractivity contribution in [1.82, 2.24) is 14.8 Å². The van der Waals surface area contributed by atoms with Crippen molar-refractivity contribution in [1.29, 1.82) is 0 Å². The molecule has 1 unspecified atom stereocenters. The summed E-state index contributed by atoms with van der Waals surface area (Å²) in [6.07, 6.45) is -0.977. The molecule has 1 amide bonds. The Labute approximate surface area is 197 Å². The number of halogens is 4. The first-order valence-electron chi connectivity index (χ1n) is 10.3. The van der Waals surface area contributed by atoms with Gasteiger partial charge in [-0.15, -0.1) is 10.2 Å². The monoisotopic (exact) mass is 499 g/mol. The highest BCUT2D eigenvalue weighted by Gasteiger charge is 2.35. The molecule has 1 aliphatic rings. The number of anilines is 2. The summed E-state index contributed by atoms with van der Waals surface area (Å²) >= 11 is 6.83. The fourth-order valence-corrected chi connectivity index (χ4v) is 4.54. The third-order valence-electron chi connectivity index (χ3n) is 5.18. The summed E-state index contributed by atoms with van der Waals surface area (Å²) in [5, 5.41) is 10.6. The minimum atomic E-state index is -4.66. The Kier molecular flexibility index (Phi) is 6.89. The maximum atomic E-state index is 13.4. The Balaban J connectivity index is 1.54. The highest BCUT2D eigenvalue weighted by atomic mass is 35.5. The van der Waals surface area contributed by atoms with E-state index >= 15 is 0 Å². The van der Waals surface area contributed by atoms with Crippen LogP contribution >= 0.6 is 23.4 Å². The second-order valence-corrected chi connectivity index (χ2v) is 9.32. The number of carbonyl (C=O) groups excluding carboxylic acids is 1. The van der Waals surface area contributed by atoms with Crippen molar-refractivity contribution in [2.45, 2.75) is 42.9 Å². The zero-order valence-electron chi connectivity index (χ0n) is 17.6. The quantitative estimate of drug-likeness (QED) is 0.444. The van der Waals surface area contributed by atoms with Gasteiger partial charge in [0.15, 0.2) is 5.16 Å². The molecule has 0 bridgehead atoms. The normalized spacial score (nSPS) is 15.1. The van der Waals surface area contributed by atoms with Crippen molar-refractivity contribution in [3.05, 3.63) is 52.9 Å². The average molecular weight is 500 g/mol. The average Bonchev–Trinajstić information content (AvgIpc) is 3.52. The first-order chi connectivity index (χ1) is 15.7. The predicted molar refractivity (Wildman–Crippen MR) is 120 cm³/mol. The molecule has 0 spiro atoms. The molecule has 1 aliphatic heterocycles. The summed E-state index contributed by atoms with van der Waals surface area (Å²) in [5.74, 6) is 0.782. The van der Waals surface area contributed by atoms with E-state index in [4.69, 9.17) is 16.0 Å². The number of nitrogens with one attached hydrogen (secondary N) is 1. The molecule has 7 nitrogen and oxygen atoms in total. The molecule has 1 aromatic carbocycles. The van der Waals surface area contributed by atoms with E-state index in [1.807, 2.05) is 10.6 Å². The number of rotatable bonds is 7. The molecule has 4 rings (SSSR count). The van der Waals surface area contributed by atoms with Crippen LogP contribution in [-0.4, -0.2) is 39.0 Å². The number of alkyl halides is 3. The molecule has 3 heterocycles. The van der Waals surface area contributed by atoms with Gasteiger partial charge in [0.1, 0.15) is 5.76 Å². The summed E-state index contributed by atoms with van der Waals surface area (Å²) in [5.41, 5.74) is -1.35. The summed E-state index contributed by atoms with van der Waals surface area (Å²) in [6, 6.07) is 6.84. The van der Waals surface area contributed by atoms with Crippen LogP contribution in [0.2, 0.25) is 5.02 Å². The van der Waals surface area contributed by atoms with Crippen LogP contribution in [-0.2, 0) is 17.5 Å². The van der Waals surface area contributed by atoms with Crippen molar-refractivity contribution in [3.63, 3.8) is 0 Å². The smallest absolute Gasteiger partial charge is 0.418 e. The molecule has 3 aromatic rings. The Morgan fingerprint density at radius 1 is 1.27 bits per heavy atom. The van der Waals surface area contributed by atoms with Crippen LogP contribution in [0.25, 0.3) is 0 Å². The van der Waals surface area contributed by atoms with Crippen molar-refractivity contribution >= 4 is 40.9 Å². The molecule has 176 valence electrons. The van der Waals surface area contributed by atoms with Gasteiger partial charge in [0.25, 0.3) is 0 Å². The van der Waals surface area contributed by atoms with Crippen LogP contribution in [0.15, 0.2) is 46.2 Å². The molecule has 1 atom stereocenters. The third-order valence-corrected chi connectivity index (χ3v) is 6.49. The largest absolute Gasteiger partial charge is 0.467 e. The number of carbonyl (C=O) groups is 1. The van der Waals surface area contributed by atoms with Gasteiger partial charge in [0.05, 0.1) is 29.3 Å². The van der Waals surface area contributed by atoms with Gasteiger partial charge in [-0.3, -0.25) is 9.36 Å². The van der Waals surface area contributed by atoms with E-state index in [2.05, 4.69) is 20.4 Å².